The molecular formula is C28H26N6S. The summed E-state index contributed by atoms with van der Waals surface area (Å²) in [4.78, 5) is 22.4. The Morgan fingerprint density at radius 2 is 1.29 bits per heavy atom. The Labute approximate surface area is 208 Å². The van der Waals surface area contributed by atoms with Gasteiger partial charge in [0.05, 0.1) is 17.7 Å². The second-order valence-corrected chi connectivity index (χ2v) is 8.89. The maximum absolute atomic E-state index is 5.07. The number of hydrogen-bond donors (Lipinski definition) is 3. The van der Waals surface area contributed by atoms with Gasteiger partial charge in [0.15, 0.2) is 4.77 Å². The molecule has 6 rings (SSSR count). The van der Waals surface area contributed by atoms with E-state index in [2.05, 4.69) is 68.0 Å². The summed E-state index contributed by atoms with van der Waals surface area (Å²) in [6.07, 6.45) is 9.20. The first-order chi connectivity index (χ1) is 17.1. The SMILES string of the molecule is CC(c1c[nH]c(=S)[nH]1)c1nccc2ccccc12.CC(c1cnc[nH]1)c1nccc2ccccc12. The third-order valence-corrected chi connectivity index (χ3v) is 6.52. The van der Waals surface area contributed by atoms with Gasteiger partial charge >= 0.3 is 0 Å². The lowest BCUT2D eigenvalue weighted by Gasteiger charge is -2.11. The van der Waals surface area contributed by atoms with Crippen LogP contribution in [-0.2, 0) is 0 Å². The van der Waals surface area contributed by atoms with Gasteiger partial charge in [-0.25, -0.2) is 4.98 Å². The fourth-order valence-corrected chi connectivity index (χ4v) is 4.53. The van der Waals surface area contributed by atoms with Crippen molar-refractivity contribution in [3.8, 4) is 0 Å². The molecule has 0 fully saturated rings. The van der Waals surface area contributed by atoms with Gasteiger partial charge < -0.3 is 15.0 Å². The fraction of sp³-hybridized carbons (Fsp3) is 0.143. The van der Waals surface area contributed by atoms with Crippen LogP contribution in [0.2, 0.25) is 0 Å². The minimum absolute atomic E-state index is 0.184. The highest BCUT2D eigenvalue weighted by Gasteiger charge is 2.15. The molecular weight excluding hydrogens is 452 g/mol. The molecule has 35 heavy (non-hydrogen) atoms. The van der Waals surface area contributed by atoms with Crippen molar-refractivity contribution in [3.63, 3.8) is 0 Å². The summed E-state index contributed by atoms with van der Waals surface area (Å²) in [7, 11) is 0. The molecule has 2 aromatic carbocycles. The Morgan fingerprint density at radius 3 is 1.80 bits per heavy atom. The van der Waals surface area contributed by atoms with Crippen molar-refractivity contribution in [1.82, 2.24) is 29.9 Å². The number of hydrogen-bond acceptors (Lipinski definition) is 4. The van der Waals surface area contributed by atoms with Crippen molar-refractivity contribution in [3.05, 3.63) is 119 Å². The smallest absolute Gasteiger partial charge is 0.174 e. The standard InChI is InChI=1S/C14H13N3S.C14H13N3/c1-9(12-8-16-14(18)17-12)13-11-5-3-2-4-10(11)6-7-15-13;1-10(13-8-15-9-17-13)14-12-5-3-2-4-11(12)6-7-16-14/h2-9H,1H3,(H2,16,17,18);2-10H,1H3,(H,15,17). The lowest BCUT2D eigenvalue weighted by molar-refractivity contribution is 0.851. The third-order valence-electron chi connectivity index (χ3n) is 6.30. The van der Waals surface area contributed by atoms with E-state index in [9.17, 15) is 0 Å². The molecule has 0 radical (unpaired) electrons. The number of aromatic nitrogens is 6. The predicted molar refractivity (Wildman–Crippen MR) is 143 cm³/mol. The van der Waals surface area contributed by atoms with E-state index in [1.807, 2.05) is 61.2 Å². The average Bonchev–Trinajstić information content (AvgIpc) is 3.60. The number of H-pyrrole nitrogens is 3. The van der Waals surface area contributed by atoms with Crippen LogP contribution in [0.3, 0.4) is 0 Å². The van der Waals surface area contributed by atoms with E-state index in [1.54, 1.807) is 6.33 Å². The largest absolute Gasteiger partial charge is 0.348 e. The summed E-state index contributed by atoms with van der Waals surface area (Å²) in [6.45, 7) is 4.27. The van der Waals surface area contributed by atoms with Crippen molar-refractivity contribution in [1.29, 1.82) is 0 Å². The van der Waals surface area contributed by atoms with Crippen molar-refractivity contribution in [2.45, 2.75) is 25.7 Å². The third kappa shape index (κ3) is 4.76. The molecule has 0 saturated carbocycles. The van der Waals surface area contributed by atoms with Crippen LogP contribution in [0.5, 0.6) is 0 Å². The Morgan fingerprint density at radius 1 is 0.714 bits per heavy atom. The van der Waals surface area contributed by atoms with Crippen LogP contribution < -0.4 is 0 Å². The maximum Gasteiger partial charge on any atom is 0.174 e. The Kier molecular flexibility index (Phi) is 6.50. The molecule has 6 aromatic rings. The lowest BCUT2D eigenvalue weighted by atomic mass is 9.98. The molecule has 2 unspecified atom stereocenters. The van der Waals surface area contributed by atoms with Gasteiger partial charge in [-0.3, -0.25) is 9.97 Å². The van der Waals surface area contributed by atoms with Gasteiger partial charge in [0.2, 0.25) is 0 Å². The zero-order valence-corrected chi connectivity index (χ0v) is 20.4. The van der Waals surface area contributed by atoms with Gasteiger partial charge in [0.25, 0.3) is 0 Å². The van der Waals surface area contributed by atoms with Crippen molar-refractivity contribution >= 4 is 33.8 Å². The quantitative estimate of drug-likeness (QED) is 0.241. The van der Waals surface area contributed by atoms with Gasteiger partial charge in [-0.1, -0.05) is 62.4 Å². The average molecular weight is 479 g/mol. The van der Waals surface area contributed by atoms with Gasteiger partial charge in [-0.15, -0.1) is 0 Å². The molecule has 0 bridgehead atoms. The first kappa shape index (κ1) is 22.7. The molecule has 0 aliphatic rings. The summed E-state index contributed by atoms with van der Waals surface area (Å²) in [6, 6.07) is 20.7. The molecule has 3 N–H and O–H groups in total. The van der Waals surface area contributed by atoms with Crippen LogP contribution in [0.4, 0.5) is 0 Å². The number of fused-ring (bicyclic) bond motifs is 2. The number of imidazole rings is 2. The number of benzene rings is 2. The summed E-state index contributed by atoms with van der Waals surface area (Å²) in [5, 5.41) is 4.83. The van der Waals surface area contributed by atoms with Crippen LogP contribution in [0, 0.1) is 4.77 Å². The maximum atomic E-state index is 5.07. The highest BCUT2D eigenvalue weighted by Crippen LogP contribution is 2.28. The molecule has 4 heterocycles. The van der Waals surface area contributed by atoms with E-state index in [4.69, 9.17) is 12.2 Å². The molecule has 0 spiro atoms. The topological polar surface area (TPSA) is 86.0 Å². The monoisotopic (exact) mass is 478 g/mol. The van der Waals surface area contributed by atoms with Gasteiger partial charge in [0, 0.05) is 58.8 Å². The van der Waals surface area contributed by atoms with E-state index in [-0.39, 0.29) is 11.8 Å². The minimum atomic E-state index is 0.184. The van der Waals surface area contributed by atoms with Crippen molar-refractivity contribution in [2.24, 2.45) is 0 Å². The van der Waals surface area contributed by atoms with Gasteiger partial charge in [0.1, 0.15) is 0 Å². The summed E-state index contributed by atoms with van der Waals surface area (Å²) in [5.74, 6) is 0.410. The molecule has 0 amide bonds. The van der Waals surface area contributed by atoms with E-state index in [1.165, 1.54) is 21.5 Å². The number of nitrogens with zero attached hydrogens (tertiary/aromatic N) is 3. The molecule has 0 saturated heterocycles. The number of nitrogens with one attached hydrogen (secondary N) is 3. The van der Waals surface area contributed by atoms with Crippen LogP contribution in [0.25, 0.3) is 21.5 Å². The first-order valence-corrected chi connectivity index (χ1v) is 12.0. The Balaban J connectivity index is 0.000000145. The van der Waals surface area contributed by atoms with E-state index in [0.717, 1.165) is 22.8 Å². The predicted octanol–water partition coefficient (Wildman–Crippen LogP) is 6.88. The van der Waals surface area contributed by atoms with Crippen molar-refractivity contribution < 1.29 is 0 Å². The van der Waals surface area contributed by atoms with Gasteiger partial charge in [-0.2, -0.15) is 0 Å². The van der Waals surface area contributed by atoms with Crippen LogP contribution in [-0.4, -0.2) is 29.9 Å². The molecule has 7 heteroatoms. The summed E-state index contributed by atoms with van der Waals surface area (Å²) in [5.41, 5.74) is 4.31. The lowest BCUT2D eigenvalue weighted by Crippen LogP contribution is -2.00. The van der Waals surface area contributed by atoms with E-state index < -0.39 is 0 Å². The highest BCUT2D eigenvalue weighted by atomic mass is 32.1. The summed E-state index contributed by atoms with van der Waals surface area (Å²) >= 11 is 5.07. The van der Waals surface area contributed by atoms with Crippen molar-refractivity contribution in [2.75, 3.05) is 0 Å². The number of rotatable bonds is 4. The number of aromatic amines is 3. The first-order valence-electron chi connectivity index (χ1n) is 11.5. The molecule has 4 aromatic heterocycles. The van der Waals surface area contributed by atoms with E-state index in [0.29, 0.717) is 4.77 Å². The second-order valence-electron chi connectivity index (χ2n) is 8.48. The second kappa shape index (κ2) is 10.0. The zero-order chi connectivity index (χ0) is 24.2. The summed E-state index contributed by atoms with van der Waals surface area (Å²) < 4.78 is 0.650. The van der Waals surface area contributed by atoms with Crippen LogP contribution in [0.15, 0.2) is 91.8 Å². The minimum Gasteiger partial charge on any atom is -0.348 e. The van der Waals surface area contributed by atoms with Gasteiger partial charge in [-0.05, 0) is 35.1 Å². The van der Waals surface area contributed by atoms with Crippen LogP contribution >= 0.6 is 12.2 Å². The fourth-order valence-electron chi connectivity index (χ4n) is 4.35. The normalized spacial score (nSPS) is 12.7. The highest BCUT2D eigenvalue weighted by molar-refractivity contribution is 7.71. The Hall–Kier alpha value is -4.10. The zero-order valence-electron chi connectivity index (χ0n) is 19.6. The van der Waals surface area contributed by atoms with Crippen LogP contribution in [0.1, 0.15) is 48.5 Å². The molecule has 174 valence electrons. The van der Waals surface area contributed by atoms with E-state index >= 15 is 0 Å². The molecule has 0 aliphatic heterocycles. The molecule has 6 nitrogen and oxygen atoms in total. The molecule has 2 atom stereocenters. The molecule has 0 aliphatic carbocycles. The Bertz CT molecular complexity index is 1610. The number of pyridine rings is 2.